The van der Waals surface area contributed by atoms with Crippen molar-refractivity contribution in [2.45, 2.75) is 84.0 Å². The molecule has 0 unspecified atom stereocenters. The highest BCUT2D eigenvalue weighted by Gasteiger charge is 2.29. The van der Waals surface area contributed by atoms with Crippen LogP contribution in [0.2, 0.25) is 0 Å². The Kier molecular flexibility index (Phi) is 13.8. The minimum Gasteiger partial charge on any atom is -0.354 e. The van der Waals surface area contributed by atoms with E-state index in [4.69, 9.17) is 0 Å². The molecule has 2 aliphatic heterocycles. The first-order chi connectivity index (χ1) is 24.0. The van der Waals surface area contributed by atoms with Gasteiger partial charge in [-0.15, -0.1) is 0 Å². The molecule has 2 aliphatic rings. The highest BCUT2D eigenvalue weighted by Crippen LogP contribution is 2.13. The van der Waals surface area contributed by atoms with Crippen molar-refractivity contribution in [3.63, 3.8) is 0 Å². The highest BCUT2D eigenvalue weighted by atomic mass is 16.2. The molecule has 0 saturated carbocycles. The number of aromatic amines is 1. The summed E-state index contributed by atoms with van der Waals surface area (Å²) in [5.41, 5.74) is 2.24. The third kappa shape index (κ3) is 11.7. The van der Waals surface area contributed by atoms with Crippen molar-refractivity contribution in [2.75, 3.05) is 13.1 Å². The van der Waals surface area contributed by atoms with E-state index in [0.717, 1.165) is 11.1 Å². The van der Waals surface area contributed by atoms with Crippen LogP contribution in [0, 0.1) is 5.92 Å². The lowest BCUT2D eigenvalue weighted by Crippen LogP contribution is -2.57. The Bertz CT molecular complexity index is 1660. The molecule has 5 rings (SSSR count). The van der Waals surface area contributed by atoms with Crippen LogP contribution >= 0.6 is 0 Å². The minimum atomic E-state index is -0.994. The molecule has 0 saturated heterocycles. The van der Waals surface area contributed by atoms with E-state index >= 15 is 0 Å². The van der Waals surface area contributed by atoms with Crippen LogP contribution in [0.3, 0.4) is 0 Å². The fraction of sp³-hybridized carbons (Fsp3) is 0.432. The zero-order valence-electron chi connectivity index (χ0n) is 28.9. The zero-order chi connectivity index (χ0) is 36.0. The van der Waals surface area contributed by atoms with Crippen molar-refractivity contribution in [2.24, 2.45) is 5.92 Å². The first kappa shape index (κ1) is 37.5. The molecule has 266 valence electrons. The first-order valence-corrected chi connectivity index (χ1v) is 17.1. The minimum absolute atomic E-state index is 0.0531. The van der Waals surface area contributed by atoms with Crippen molar-refractivity contribution in [3.05, 3.63) is 99.5 Å². The number of rotatable bonds is 7. The number of H-pyrrole nitrogens is 1. The number of benzene rings is 2. The summed E-state index contributed by atoms with van der Waals surface area (Å²) in [6, 6.07) is 16.3. The summed E-state index contributed by atoms with van der Waals surface area (Å²) in [7, 11) is 0. The third-order valence-electron chi connectivity index (χ3n) is 8.42. The number of nitrogens with zero attached hydrogens (tertiary/aromatic N) is 2. The van der Waals surface area contributed by atoms with E-state index in [1.165, 1.54) is 6.07 Å². The fourth-order valence-corrected chi connectivity index (χ4v) is 5.63. The summed E-state index contributed by atoms with van der Waals surface area (Å²) in [6.07, 6.45) is 2.24. The van der Waals surface area contributed by atoms with Gasteiger partial charge in [0.05, 0.1) is 5.69 Å². The van der Waals surface area contributed by atoms with E-state index in [1.807, 2.05) is 44.2 Å². The number of hydrogen-bond acceptors (Lipinski definition) is 7. The molecule has 2 bridgehead atoms. The number of amides is 5. The third-order valence-corrected chi connectivity index (χ3v) is 8.42. The molecule has 1 aromatic heterocycles. The largest absolute Gasteiger partial charge is 0.354 e. The SMILES string of the molecule is CC(C)C[C@@H]1NC(=O)[C@@H](Cc2ccccc2)NC(=O)c2ccc(cc2)CN(C(=O)CCc2ccc(=O)[nH]n2)CCCCNC(=O)[C@@H](C)NC1=O. The molecule has 0 radical (unpaired) electrons. The van der Waals surface area contributed by atoms with Crippen LogP contribution < -0.4 is 26.8 Å². The van der Waals surface area contributed by atoms with E-state index in [9.17, 15) is 28.8 Å². The lowest BCUT2D eigenvalue weighted by Gasteiger charge is -2.25. The molecular weight excluding hydrogens is 638 g/mol. The first-order valence-electron chi connectivity index (χ1n) is 17.1. The van der Waals surface area contributed by atoms with Gasteiger partial charge >= 0.3 is 0 Å². The summed E-state index contributed by atoms with van der Waals surface area (Å²) in [5.74, 6) is -1.90. The molecule has 50 heavy (non-hydrogen) atoms. The molecule has 13 heteroatoms. The molecule has 0 spiro atoms. The van der Waals surface area contributed by atoms with E-state index in [1.54, 1.807) is 42.2 Å². The number of fused-ring (bicyclic) bond motifs is 18. The van der Waals surface area contributed by atoms with E-state index in [2.05, 4.69) is 31.5 Å². The Hall–Kier alpha value is -5.33. The van der Waals surface area contributed by atoms with Gasteiger partial charge in [-0.25, -0.2) is 5.10 Å². The Morgan fingerprint density at radius 1 is 0.840 bits per heavy atom. The predicted octanol–water partition coefficient (Wildman–Crippen LogP) is 2.02. The van der Waals surface area contributed by atoms with Gasteiger partial charge in [-0.1, -0.05) is 56.3 Å². The number of carbonyl (C=O) groups excluding carboxylic acids is 5. The summed E-state index contributed by atoms with van der Waals surface area (Å²) in [5, 5.41) is 17.6. The summed E-state index contributed by atoms with van der Waals surface area (Å²) >= 11 is 0. The number of carbonyl (C=O) groups is 5. The smallest absolute Gasteiger partial charge is 0.264 e. The maximum Gasteiger partial charge on any atom is 0.264 e. The maximum atomic E-state index is 13.7. The van der Waals surface area contributed by atoms with Crippen LogP contribution in [0.1, 0.15) is 73.6 Å². The maximum absolute atomic E-state index is 13.7. The van der Waals surface area contributed by atoms with Crippen LogP contribution in [0.5, 0.6) is 0 Å². The lowest BCUT2D eigenvalue weighted by atomic mass is 10.0. The van der Waals surface area contributed by atoms with Gasteiger partial charge in [-0.2, -0.15) is 5.10 Å². The topological polar surface area (TPSA) is 182 Å². The second-order valence-corrected chi connectivity index (χ2v) is 13.1. The van der Waals surface area contributed by atoms with E-state index < -0.39 is 35.8 Å². The molecule has 13 nitrogen and oxygen atoms in total. The zero-order valence-corrected chi connectivity index (χ0v) is 28.9. The molecule has 0 fully saturated rings. The van der Waals surface area contributed by atoms with Crippen LogP contribution in [0.4, 0.5) is 0 Å². The van der Waals surface area contributed by atoms with Gasteiger partial charge in [0.25, 0.3) is 11.5 Å². The summed E-state index contributed by atoms with van der Waals surface area (Å²) < 4.78 is 0. The Morgan fingerprint density at radius 2 is 1.56 bits per heavy atom. The highest BCUT2D eigenvalue weighted by molar-refractivity contribution is 5.99. The monoisotopic (exact) mass is 685 g/mol. The predicted molar refractivity (Wildman–Crippen MR) is 188 cm³/mol. The van der Waals surface area contributed by atoms with Gasteiger partial charge in [0, 0.05) is 50.5 Å². The summed E-state index contributed by atoms with van der Waals surface area (Å²) in [6.45, 7) is 6.51. The Morgan fingerprint density at radius 3 is 2.24 bits per heavy atom. The number of aromatic nitrogens is 2. The summed E-state index contributed by atoms with van der Waals surface area (Å²) in [4.78, 5) is 80.0. The van der Waals surface area contributed by atoms with E-state index in [0.29, 0.717) is 56.6 Å². The van der Waals surface area contributed by atoms with Crippen molar-refractivity contribution in [1.29, 1.82) is 0 Å². The van der Waals surface area contributed by atoms with Gasteiger partial charge in [0.2, 0.25) is 23.6 Å². The van der Waals surface area contributed by atoms with Crippen LogP contribution in [-0.4, -0.2) is 75.8 Å². The lowest BCUT2D eigenvalue weighted by molar-refractivity contribution is -0.132. The second kappa shape index (κ2) is 18.4. The van der Waals surface area contributed by atoms with Gasteiger partial charge in [0.1, 0.15) is 18.1 Å². The van der Waals surface area contributed by atoms with Crippen molar-refractivity contribution in [3.8, 4) is 0 Å². The molecule has 5 N–H and O–H groups in total. The van der Waals surface area contributed by atoms with Crippen molar-refractivity contribution in [1.82, 2.24) is 36.4 Å². The standard InChI is InChI=1S/C37H47N7O6/c1-24(2)21-30-36(49)39-25(3)34(47)38-19-7-8-20-44(33(46)18-16-29-15-17-32(45)43-42-29)23-27-11-13-28(14-12-27)35(48)40-31(37(50)41-30)22-26-9-5-4-6-10-26/h4-6,9-15,17,24-25,30-31H,7-8,16,18-23H2,1-3H3,(H,38,47)(H,39,49)(H,40,48)(H,41,50)(H,43,45)/t25-,30+,31-/m1/s1. The van der Waals surface area contributed by atoms with Crippen molar-refractivity contribution < 1.29 is 24.0 Å². The van der Waals surface area contributed by atoms with E-state index in [-0.39, 0.29) is 36.1 Å². The number of hydrogen-bond donors (Lipinski definition) is 5. The Labute approximate surface area is 292 Å². The van der Waals surface area contributed by atoms with Crippen LogP contribution in [0.25, 0.3) is 0 Å². The van der Waals surface area contributed by atoms with Crippen LogP contribution in [0.15, 0.2) is 71.5 Å². The number of nitrogens with one attached hydrogen (secondary N) is 5. The Balaban J connectivity index is 1.57. The fourth-order valence-electron chi connectivity index (χ4n) is 5.63. The molecule has 2 aromatic carbocycles. The molecule has 5 amide bonds. The molecule has 3 atom stereocenters. The van der Waals surface area contributed by atoms with Gasteiger partial charge in [-0.3, -0.25) is 28.8 Å². The number of aryl methyl sites for hydroxylation is 1. The molecule has 3 aromatic rings. The second-order valence-electron chi connectivity index (χ2n) is 13.1. The normalized spacial score (nSPS) is 19.9. The van der Waals surface area contributed by atoms with Crippen LogP contribution in [-0.2, 0) is 38.6 Å². The quantitative estimate of drug-likeness (QED) is 0.236. The molecule has 3 heterocycles. The van der Waals surface area contributed by atoms with Crippen molar-refractivity contribution >= 4 is 29.5 Å². The molecular formula is C37H47N7O6. The molecule has 0 aliphatic carbocycles. The average Bonchev–Trinajstić information content (AvgIpc) is 3.10. The van der Waals surface area contributed by atoms with Gasteiger partial charge in [-0.05, 0) is 61.4 Å². The average molecular weight is 686 g/mol. The van der Waals surface area contributed by atoms with Gasteiger partial charge < -0.3 is 26.2 Å². The van der Waals surface area contributed by atoms with Gasteiger partial charge in [0.15, 0.2) is 0 Å².